The van der Waals surface area contributed by atoms with Gasteiger partial charge in [-0.3, -0.25) is 10.1 Å². The van der Waals surface area contributed by atoms with E-state index in [4.69, 9.17) is 23.2 Å². The number of halogens is 5. The number of non-ortho nitro benzene ring substituents is 1. The van der Waals surface area contributed by atoms with Crippen molar-refractivity contribution >= 4 is 28.9 Å². The Balaban J connectivity index is 2.64. The van der Waals surface area contributed by atoms with Crippen LogP contribution in [0.1, 0.15) is 5.56 Å². The zero-order valence-corrected chi connectivity index (χ0v) is 11.6. The maximum atomic E-state index is 12.8. The minimum absolute atomic E-state index is 0.0371. The topological polar surface area (TPSA) is 43.1 Å². The van der Waals surface area contributed by atoms with Crippen molar-refractivity contribution in [3.8, 4) is 11.1 Å². The van der Waals surface area contributed by atoms with Crippen molar-refractivity contribution in [2.45, 2.75) is 6.18 Å². The van der Waals surface area contributed by atoms with Crippen molar-refractivity contribution in [3.05, 3.63) is 62.1 Å². The monoisotopic (exact) mass is 335 g/mol. The Bertz CT molecular complexity index is 717. The average molecular weight is 336 g/mol. The van der Waals surface area contributed by atoms with Gasteiger partial charge in [0.2, 0.25) is 0 Å². The van der Waals surface area contributed by atoms with Crippen LogP contribution < -0.4 is 0 Å². The molecule has 8 heteroatoms. The van der Waals surface area contributed by atoms with Crippen LogP contribution in [0.5, 0.6) is 0 Å². The number of hydrogen-bond acceptors (Lipinski definition) is 2. The molecule has 0 fully saturated rings. The van der Waals surface area contributed by atoms with Gasteiger partial charge in [0.15, 0.2) is 0 Å². The minimum Gasteiger partial charge on any atom is -0.258 e. The van der Waals surface area contributed by atoms with Gasteiger partial charge in [-0.05, 0) is 29.3 Å². The first-order valence-electron chi connectivity index (χ1n) is 5.50. The number of alkyl halides is 3. The lowest BCUT2D eigenvalue weighted by Gasteiger charge is -2.10. The molecule has 0 atom stereocenters. The highest BCUT2D eigenvalue weighted by Gasteiger charge is 2.32. The number of benzene rings is 2. The Morgan fingerprint density at radius 2 is 1.62 bits per heavy atom. The standard InChI is InChI=1S/C13H6Cl2F3NO2/c14-11-2-1-7(5-12(11)15)8-3-9(13(16,17)18)6-10(4-8)19(20)21/h1-6H. The van der Waals surface area contributed by atoms with Gasteiger partial charge in [-0.15, -0.1) is 0 Å². The van der Waals surface area contributed by atoms with Gasteiger partial charge in [-0.1, -0.05) is 29.3 Å². The lowest BCUT2D eigenvalue weighted by atomic mass is 10.0. The summed E-state index contributed by atoms with van der Waals surface area (Å²) in [7, 11) is 0. The summed E-state index contributed by atoms with van der Waals surface area (Å²) in [6, 6.07) is 6.56. The highest BCUT2D eigenvalue weighted by Crippen LogP contribution is 2.36. The van der Waals surface area contributed by atoms with Crippen molar-refractivity contribution in [3.63, 3.8) is 0 Å². The molecular formula is C13H6Cl2F3NO2. The molecule has 0 unspecified atom stereocenters. The summed E-state index contributed by atoms with van der Waals surface area (Å²) in [5, 5.41) is 11.2. The van der Waals surface area contributed by atoms with Gasteiger partial charge < -0.3 is 0 Å². The number of rotatable bonds is 2. The predicted molar refractivity (Wildman–Crippen MR) is 73.6 cm³/mol. The van der Waals surface area contributed by atoms with Crippen LogP contribution in [0.15, 0.2) is 36.4 Å². The van der Waals surface area contributed by atoms with E-state index in [0.717, 1.165) is 12.1 Å². The molecule has 0 spiro atoms. The molecule has 0 bridgehead atoms. The van der Waals surface area contributed by atoms with E-state index in [0.29, 0.717) is 11.6 Å². The number of nitrogens with zero attached hydrogens (tertiary/aromatic N) is 1. The summed E-state index contributed by atoms with van der Waals surface area (Å²) in [4.78, 5) is 9.90. The van der Waals surface area contributed by atoms with Crippen molar-refractivity contribution in [2.24, 2.45) is 0 Å². The second-order valence-corrected chi connectivity index (χ2v) is 4.97. The van der Waals surface area contributed by atoms with Crippen molar-refractivity contribution in [1.29, 1.82) is 0 Å². The van der Waals surface area contributed by atoms with E-state index in [1.165, 1.54) is 18.2 Å². The molecule has 2 rings (SSSR count). The molecule has 2 aromatic carbocycles. The third-order valence-electron chi connectivity index (χ3n) is 2.71. The van der Waals surface area contributed by atoms with Crippen LogP contribution >= 0.6 is 23.2 Å². The summed E-state index contributed by atoms with van der Waals surface area (Å²) < 4.78 is 38.4. The van der Waals surface area contributed by atoms with Crippen LogP contribution in [0.2, 0.25) is 10.0 Å². The molecule has 0 radical (unpaired) electrons. The van der Waals surface area contributed by atoms with Crippen LogP contribution in [0.25, 0.3) is 11.1 Å². The molecule has 0 aliphatic rings. The fourth-order valence-corrected chi connectivity index (χ4v) is 2.02. The molecule has 0 aromatic heterocycles. The quantitative estimate of drug-likeness (QED) is 0.530. The fourth-order valence-electron chi connectivity index (χ4n) is 1.72. The normalized spacial score (nSPS) is 11.5. The number of nitro groups is 1. The van der Waals surface area contributed by atoms with Crippen molar-refractivity contribution in [1.82, 2.24) is 0 Å². The van der Waals surface area contributed by atoms with E-state index in [-0.39, 0.29) is 15.6 Å². The van der Waals surface area contributed by atoms with E-state index in [2.05, 4.69) is 0 Å². The molecule has 0 N–H and O–H groups in total. The third-order valence-corrected chi connectivity index (χ3v) is 3.45. The van der Waals surface area contributed by atoms with Gasteiger partial charge in [0.1, 0.15) is 0 Å². The summed E-state index contributed by atoms with van der Waals surface area (Å²) in [6.45, 7) is 0. The molecule has 3 nitrogen and oxygen atoms in total. The summed E-state index contributed by atoms with van der Waals surface area (Å²) in [6.07, 6.45) is -4.68. The summed E-state index contributed by atoms with van der Waals surface area (Å²) >= 11 is 11.5. The Hall–Kier alpha value is -1.79. The third kappa shape index (κ3) is 3.46. The summed E-state index contributed by atoms with van der Waals surface area (Å²) in [5.41, 5.74) is -1.41. The smallest absolute Gasteiger partial charge is 0.258 e. The summed E-state index contributed by atoms with van der Waals surface area (Å²) in [5.74, 6) is 0. The molecule has 2 aromatic rings. The van der Waals surface area contributed by atoms with Gasteiger partial charge in [0.05, 0.1) is 20.5 Å². The second kappa shape index (κ2) is 5.54. The Kier molecular flexibility index (Phi) is 4.11. The largest absolute Gasteiger partial charge is 0.416 e. The van der Waals surface area contributed by atoms with Crippen LogP contribution in [0.4, 0.5) is 18.9 Å². The maximum absolute atomic E-state index is 12.8. The fraction of sp³-hybridized carbons (Fsp3) is 0.0769. The van der Waals surface area contributed by atoms with Crippen LogP contribution in [0.3, 0.4) is 0 Å². The molecule has 0 saturated heterocycles. The Labute approximate surface area is 127 Å². The van der Waals surface area contributed by atoms with E-state index >= 15 is 0 Å². The average Bonchev–Trinajstić information content (AvgIpc) is 2.40. The minimum atomic E-state index is -4.68. The maximum Gasteiger partial charge on any atom is 0.416 e. The van der Waals surface area contributed by atoms with E-state index in [9.17, 15) is 23.3 Å². The molecule has 0 aliphatic carbocycles. The zero-order chi connectivity index (χ0) is 15.8. The first-order chi connectivity index (χ1) is 9.68. The highest BCUT2D eigenvalue weighted by atomic mass is 35.5. The molecular weight excluding hydrogens is 330 g/mol. The first kappa shape index (κ1) is 15.6. The van der Waals surface area contributed by atoms with Crippen molar-refractivity contribution < 1.29 is 18.1 Å². The lowest BCUT2D eigenvalue weighted by molar-refractivity contribution is -0.385. The molecule has 0 amide bonds. The second-order valence-electron chi connectivity index (χ2n) is 4.15. The zero-order valence-electron chi connectivity index (χ0n) is 10.1. The molecule has 21 heavy (non-hydrogen) atoms. The van der Waals surface area contributed by atoms with Gasteiger partial charge in [0.25, 0.3) is 5.69 Å². The lowest BCUT2D eigenvalue weighted by Crippen LogP contribution is -2.06. The Morgan fingerprint density at radius 3 is 2.14 bits per heavy atom. The first-order valence-corrected chi connectivity index (χ1v) is 6.26. The number of nitro benzene ring substituents is 1. The predicted octanol–water partition coefficient (Wildman–Crippen LogP) is 5.59. The van der Waals surface area contributed by atoms with Gasteiger partial charge in [0, 0.05) is 12.1 Å². The van der Waals surface area contributed by atoms with Gasteiger partial charge in [-0.2, -0.15) is 13.2 Å². The Morgan fingerprint density at radius 1 is 0.952 bits per heavy atom. The molecule has 0 saturated carbocycles. The molecule has 110 valence electrons. The van der Waals surface area contributed by atoms with Gasteiger partial charge in [-0.25, -0.2) is 0 Å². The van der Waals surface area contributed by atoms with E-state index < -0.39 is 22.4 Å². The van der Waals surface area contributed by atoms with Crippen LogP contribution in [-0.2, 0) is 6.18 Å². The van der Waals surface area contributed by atoms with E-state index in [1.54, 1.807) is 0 Å². The van der Waals surface area contributed by atoms with Crippen LogP contribution in [0, 0.1) is 10.1 Å². The van der Waals surface area contributed by atoms with Crippen LogP contribution in [-0.4, -0.2) is 4.92 Å². The van der Waals surface area contributed by atoms with Crippen molar-refractivity contribution in [2.75, 3.05) is 0 Å². The SMILES string of the molecule is O=[N+]([O-])c1cc(-c2ccc(Cl)c(Cl)c2)cc(C(F)(F)F)c1. The van der Waals surface area contributed by atoms with Gasteiger partial charge >= 0.3 is 6.18 Å². The van der Waals surface area contributed by atoms with E-state index in [1.807, 2.05) is 0 Å². The highest BCUT2D eigenvalue weighted by molar-refractivity contribution is 6.42. The molecule has 0 aliphatic heterocycles. The molecule has 0 heterocycles. The number of hydrogen-bond donors (Lipinski definition) is 0.